The van der Waals surface area contributed by atoms with E-state index >= 15 is 0 Å². The van der Waals surface area contributed by atoms with Crippen molar-refractivity contribution in [1.82, 2.24) is 19.9 Å². The maximum absolute atomic E-state index is 4.53. The van der Waals surface area contributed by atoms with E-state index in [1.807, 2.05) is 18.6 Å². The fourth-order valence-electron chi connectivity index (χ4n) is 2.59. The number of aromatic nitrogens is 3. The van der Waals surface area contributed by atoms with Gasteiger partial charge in [-0.3, -0.25) is 4.98 Å². The lowest BCUT2D eigenvalue weighted by atomic mass is 10.0. The number of anilines is 1. The number of nitrogens with zero attached hydrogens (tertiary/aromatic N) is 5. The largest absolute Gasteiger partial charge is 0.338 e. The molecule has 116 valence electrons. The fourth-order valence-corrected chi connectivity index (χ4v) is 2.59. The van der Waals surface area contributed by atoms with Crippen LogP contribution in [0.25, 0.3) is 11.3 Å². The van der Waals surface area contributed by atoms with E-state index in [-0.39, 0.29) is 0 Å². The SMILES string of the molecule is CC(C)c1ccnc(-c2cnc(N3CCN(C)CC3)nc2)c1. The van der Waals surface area contributed by atoms with Crippen molar-refractivity contribution in [2.75, 3.05) is 38.1 Å². The minimum absolute atomic E-state index is 0.493. The van der Waals surface area contributed by atoms with Gasteiger partial charge in [0, 0.05) is 50.3 Å². The van der Waals surface area contributed by atoms with Crippen molar-refractivity contribution in [3.05, 3.63) is 36.3 Å². The first-order valence-corrected chi connectivity index (χ1v) is 7.85. The second kappa shape index (κ2) is 6.40. The molecule has 5 heteroatoms. The summed E-state index contributed by atoms with van der Waals surface area (Å²) in [7, 11) is 2.15. The Balaban J connectivity index is 1.78. The molecule has 3 rings (SSSR count). The summed E-state index contributed by atoms with van der Waals surface area (Å²) in [5, 5.41) is 0. The van der Waals surface area contributed by atoms with Crippen LogP contribution >= 0.6 is 0 Å². The predicted molar refractivity (Wildman–Crippen MR) is 89.1 cm³/mol. The van der Waals surface area contributed by atoms with Crippen LogP contribution in [0.3, 0.4) is 0 Å². The molecule has 2 aromatic heterocycles. The third-order valence-electron chi connectivity index (χ3n) is 4.17. The Bertz CT molecular complexity index is 615. The Kier molecular flexibility index (Phi) is 4.34. The Labute approximate surface area is 132 Å². The molecular weight excluding hydrogens is 274 g/mol. The summed E-state index contributed by atoms with van der Waals surface area (Å²) in [6.45, 7) is 8.46. The maximum Gasteiger partial charge on any atom is 0.225 e. The van der Waals surface area contributed by atoms with Gasteiger partial charge < -0.3 is 9.80 Å². The van der Waals surface area contributed by atoms with Crippen molar-refractivity contribution >= 4 is 5.95 Å². The van der Waals surface area contributed by atoms with Gasteiger partial charge in [0.15, 0.2) is 0 Å². The van der Waals surface area contributed by atoms with Crippen LogP contribution in [0.4, 0.5) is 5.95 Å². The molecule has 0 aromatic carbocycles. The van der Waals surface area contributed by atoms with Crippen LogP contribution < -0.4 is 4.90 Å². The first-order valence-electron chi connectivity index (χ1n) is 7.85. The molecule has 1 fully saturated rings. The molecule has 0 N–H and O–H groups in total. The lowest BCUT2D eigenvalue weighted by Crippen LogP contribution is -2.45. The van der Waals surface area contributed by atoms with Gasteiger partial charge in [0.25, 0.3) is 0 Å². The second-order valence-electron chi connectivity index (χ2n) is 6.19. The quantitative estimate of drug-likeness (QED) is 0.870. The van der Waals surface area contributed by atoms with E-state index in [1.54, 1.807) is 0 Å². The van der Waals surface area contributed by atoms with Crippen LogP contribution in [-0.2, 0) is 0 Å². The standard InChI is InChI=1S/C17H23N5/c1-13(2)14-4-5-18-16(10-14)15-11-19-17(20-12-15)22-8-6-21(3)7-9-22/h4-5,10-13H,6-9H2,1-3H3. The molecule has 5 nitrogen and oxygen atoms in total. The highest BCUT2D eigenvalue weighted by atomic mass is 15.3. The van der Waals surface area contributed by atoms with E-state index in [0.29, 0.717) is 5.92 Å². The predicted octanol–water partition coefficient (Wildman–Crippen LogP) is 2.41. The number of rotatable bonds is 3. The van der Waals surface area contributed by atoms with E-state index in [9.17, 15) is 0 Å². The van der Waals surface area contributed by atoms with E-state index in [2.05, 4.69) is 57.8 Å². The first kappa shape index (κ1) is 14.9. The Hall–Kier alpha value is -2.01. The molecule has 0 saturated carbocycles. The van der Waals surface area contributed by atoms with Gasteiger partial charge in [0.2, 0.25) is 5.95 Å². The molecular formula is C17H23N5. The van der Waals surface area contributed by atoms with Crippen LogP contribution in [0.1, 0.15) is 25.3 Å². The van der Waals surface area contributed by atoms with Crippen LogP contribution in [0.15, 0.2) is 30.7 Å². The zero-order chi connectivity index (χ0) is 15.5. The third-order valence-corrected chi connectivity index (χ3v) is 4.17. The Morgan fingerprint density at radius 2 is 1.68 bits per heavy atom. The third kappa shape index (κ3) is 3.25. The molecule has 22 heavy (non-hydrogen) atoms. The molecule has 0 amide bonds. The number of piperazine rings is 1. The molecule has 0 unspecified atom stereocenters. The van der Waals surface area contributed by atoms with Crippen molar-refractivity contribution < 1.29 is 0 Å². The lowest BCUT2D eigenvalue weighted by molar-refractivity contribution is 0.311. The highest BCUT2D eigenvalue weighted by Crippen LogP contribution is 2.21. The van der Waals surface area contributed by atoms with Crippen LogP contribution in [0.2, 0.25) is 0 Å². The minimum Gasteiger partial charge on any atom is -0.338 e. The zero-order valence-corrected chi connectivity index (χ0v) is 13.5. The smallest absolute Gasteiger partial charge is 0.225 e. The van der Waals surface area contributed by atoms with Gasteiger partial charge in [-0.2, -0.15) is 0 Å². The van der Waals surface area contributed by atoms with E-state index in [4.69, 9.17) is 0 Å². The van der Waals surface area contributed by atoms with Crippen LogP contribution in [0, 0.1) is 0 Å². The number of pyridine rings is 1. The fraction of sp³-hybridized carbons (Fsp3) is 0.471. The molecule has 1 saturated heterocycles. The molecule has 0 radical (unpaired) electrons. The van der Waals surface area contributed by atoms with Gasteiger partial charge in [-0.25, -0.2) is 9.97 Å². The van der Waals surface area contributed by atoms with Crippen molar-refractivity contribution in [1.29, 1.82) is 0 Å². The molecule has 0 spiro atoms. The summed E-state index contributed by atoms with van der Waals surface area (Å²) >= 11 is 0. The summed E-state index contributed by atoms with van der Waals surface area (Å²) in [5.41, 5.74) is 3.20. The van der Waals surface area contributed by atoms with Crippen molar-refractivity contribution in [3.63, 3.8) is 0 Å². The number of hydrogen-bond acceptors (Lipinski definition) is 5. The summed E-state index contributed by atoms with van der Waals surface area (Å²) in [6, 6.07) is 4.19. The molecule has 1 aliphatic rings. The normalized spacial score (nSPS) is 16.3. The molecule has 2 aromatic rings. The average molecular weight is 297 g/mol. The van der Waals surface area contributed by atoms with Gasteiger partial charge in [-0.15, -0.1) is 0 Å². The minimum atomic E-state index is 0.493. The summed E-state index contributed by atoms with van der Waals surface area (Å²) in [4.78, 5) is 18.1. The molecule has 0 aliphatic carbocycles. The van der Waals surface area contributed by atoms with Gasteiger partial charge in [0.05, 0.1) is 5.69 Å². The van der Waals surface area contributed by atoms with Gasteiger partial charge in [0.1, 0.15) is 0 Å². The van der Waals surface area contributed by atoms with Gasteiger partial charge >= 0.3 is 0 Å². The average Bonchev–Trinajstić information content (AvgIpc) is 2.56. The first-order chi connectivity index (χ1) is 10.6. The molecule has 3 heterocycles. The van der Waals surface area contributed by atoms with E-state index in [1.165, 1.54) is 5.56 Å². The van der Waals surface area contributed by atoms with Crippen molar-refractivity contribution in [2.45, 2.75) is 19.8 Å². The summed E-state index contributed by atoms with van der Waals surface area (Å²) in [5.74, 6) is 1.31. The van der Waals surface area contributed by atoms with Gasteiger partial charge in [-0.1, -0.05) is 13.8 Å². The Morgan fingerprint density at radius 1 is 1.00 bits per heavy atom. The van der Waals surface area contributed by atoms with E-state index < -0.39 is 0 Å². The summed E-state index contributed by atoms with van der Waals surface area (Å²) < 4.78 is 0. The Morgan fingerprint density at radius 3 is 2.32 bits per heavy atom. The molecule has 0 atom stereocenters. The van der Waals surface area contributed by atoms with Crippen LogP contribution in [0.5, 0.6) is 0 Å². The zero-order valence-electron chi connectivity index (χ0n) is 13.5. The second-order valence-corrected chi connectivity index (χ2v) is 6.19. The van der Waals surface area contributed by atoms with Crippen molar-refractivity contribution in [2.24, 2.45) is 0 Å². The van der Waals surface area contributed by atoms with Crippen molar-refractivity contribution in [3.8, 4) is 11.3 Å². The maximum atomic E-state index is 4.53. The highest BCUT2D eigenvalue weighted by molar-refractivity contribution is 5.58. The highest BCUT2D eigenvalue weighted by Gasteiger charge is 2.16. The van der Waals surface area contributed by atoms with E-state index in [0.717, 1.165) is 43.4 Å². The molecule has 0 bridgehead atoms. The number of likely N-dealkylation sites (N-methyl/N-ethyl adjacent to an activating group) is 1. The van der Waals surface area contributed by atoms with Gasteiger partial charge in [-0.05, 0) is 30.7 Å². The monoisotopic (exact) mass is 297 g/mol. The topological polar surface area (TPSA) is 45.2 Å². The summed E-state index contributed by atoms with van der Waals surface area (Å²) in [6.07, 6.45) is 5.62. The lowest BCUT2D eigenvalue weighted by Gasteiger charge is -2.32. The number of hydrogen-bond donors (Lipinski definition) is 0. The molecule has 1 aliphatic heterocycles. The van der Waals surface area contributed by atoms with Crippen LogP contribution in [-0.4, -0.2) is 53.1 Å².